The maximum Gasteiger partial charge on any atom is 0.336 e. The van der Waals surface area contributed by atoms with E-state index in [1.54, 1.807) is 6.92 Å². The van der Waals surface area contributed by atoms with Crippen LogP contribution in [0.5, 0.6) is 0 Å². The standard InChI is InChI=1S/C10H16O3/c1-6-5-7(2)13-9(6)8(3)10(11)12-4/h6-7H,5H2,1-4H3/b9-8+/t6-,7-/m1/s1. The molecule has 1 rings (SSSR count). The molecule has 1 fully saturated rings. The van der Waals surface area contributed by atoms with Crippen molar-refractivity contribution >= 4 is 5.97 Å². The van der Waals surface area contributed by atoms with Crippen molar-refractivity contribution in [1.82, 2.24) is 0 Å². The molecule has 2 atom stereocenters. The van der Waals surface area contributed by atoms with Crippen LogP contribution in [0.15, 0.2) is 11.3 Å². The van der Waals surface area contributed by atoms with Crippen LogP contribution in [0.25, 0.3) is 0 Å². The van der Waals surface area contributed by atoms with Crippen LogP contribution < -0.4 is 0 Å². The fraction of sp³-hybridized carbons (Fsp3) is 0.700. The molecule has 0 aromatic heterocycles. The minimum atomic E-state index is -0.295. The summed E-state index contributed by atoms with van der Waals surface area (Å²) in [5.41, 5.74) is 0.597. The van der Waals surface area contributed by atoms with Gasteiger partial charge in [-0.3, -0.25) is 0 Å². The molecular formula is C10H16O3. The van der Waals surface area contributed by atoms with Gasteiger partial charge in [0.25, 0.3) is 0 Å². The predicted molar refractivity (Wildman–Crippen MR) is 49.0 cm³/mol. The molecule has 3 nitrogen and oxygen atoms in total. The SMILES string of the molecule is COC(=O)/C(C)=C1/O[C@H](C)C[C@H]1C. The summed E-state index contributed by atoms with van der Waals surface area (Å²) in [6, 6.07) is 0. The fourth-order valence-electron chi connectivity index (χ4n) is 1.70. The Hall–Kier alpha value is -0.990. The number of methoxy groups -OCH3 is 1. The third-order valence-corrected chi connectivity index (χ3v) is 2.32. The van der Waals surface area contributed by atoms with Crippen LogP contribution in [0.1, 0.15) is 27.2 Å². The summed E-state index contributed by atoms with van der Waals surface area (Å²) >= 11 is 0. The molecule has 0 radical (unpaired) electrons. The minimum absolute atomic E-state index is 0.213. The highest BCUT2D eigenvalue weighted by Crippen LogP contribution is 2.31. The lowest BCUT2D eigenvalue weighted by molar-refractivity contribution is -0.136. The lowest BCUT2D eigenvalue weighted by Gasteiger charge is -2.08. The predicted octanol–water partition coefficient (Wildman–Crippen LogP) is 1.88. The molecule has 0 amide bonds. The molecule has 0 saturated carbocycles. The Morgan fingerprint density at radius 1 is 1.54 bits per heavy atom. The van der Waals surface area contributed by atoms with E-state index in [9.17, 15) is 4.79 Å². The Bertz CT molecular complexity index is 243. The van der Waals surface area contributed by atoms with Crippen molar-refractivity contribution in [2.45, 2.75) is 33.3 Å². The van der Waals surface area contributed by atoms with Crippen molar-refractivity contribution in [1.29, 1.82) is 0 Å². The summed E-state index contributed by atoms with van der Waals surface area (Å²) < 4.78 is 10.2. The number of hydrogen-bond acceptors (Lipinski definition) is 3. The van der Waals surface area contributed by atoms with E-state index in [1.165, 1.54) is 7.11 Å². The van der Waals surface area contributed by atoms with Gasteiger partial charge >= 0.3 is 5.97 Å². The number of carbonyl (C=O) groups excluding carboxylic acids is 1. The van der Waals surface area contributed by atoms with Gasteiger partial charge in [0, 0.05) is 5.92 Å². The first kappa shape index (κ1) is 10.1. The fourth-order valence-corrected chi connectivity index (χ4v) is 1.70. The monoisotopic (exact) mass is 184 g/mol. The smallest absolute Gasteiger partial charge is 0.336 e. The van der Waals surface area contributed by atoms with Gasteiger partial charge < -0.3 is 9.47 Å². The van der Waals surface area contributed by atoms with E-state index < -0.39 is 0 Å². The van der Waals surface area contributed by atoms with Gasteiger partial charge in [-0.15, -0.1) is 0 Å². The van der Waals surface area contributed by atoms with Gasteiger partial charge in [-0.1, -0.05) is 6.92 Å². The molecule has 0 aromatic carbocycles. The van der Waals surface area contributed by atoms with Crippen molar-refractivity contribution in [2.24, 2.45) is 5.92 Å². The summed E-state index contributed by atoms with van der Waals surface area (Å²) in [6.45, 7) is 5.81. The molecule has 13 heavy (non-hydrogen) atoms. The average molecular weight is 184 g/mol. The Labute approximate surface area is 78.7 Å². The lowest BCUT2D eigenvalue weighted by Crippen LogP contribution is -2.07. The first-order chi connectivity index (χ1) is 6.06. The van der Waals surface area contributed by atoms with Gasteiger partial charge in [0.1, 0.15) is 5.76 Å². The van der Waals surface area contributed by atoms with Gasteiger partial charge in [0.15, 0.2) is 0 Å². The second-order valence-electron chi connectivity index (χ2n) is 3.55. The number of allylic oxidation sites excluding steroid dienone is 1. The van der Waals surface area contributed by atoms with E-state index >= 15 is 0 Å². The second-order valence-corrected chi connectivity index (χ2v) is 3.55. The number of rotatable bonds is 1. The Balaban J connectivity index is 2.85. The quantitative estimate of drug-likeness (QED) is 0.461. The van der Waals surface area contributed by atoms with Gasteiger partial charge in [0.05, 0.1) is 18.8 Å². The topological polar surface area (TPSA) is 35.5 Å². The van der Waals surface area contributed by atoms with Gasteiger partial charge in [0.2, 0.25) is 0 Å². The molecule has 0 aliphatic carbocycles. The van der Waals surface area contributed by atoms with Crippen LogP contribution in [-0.2, 0) is 14.3 Å². The zero-order valence-corrected chi connectivity index (χ0v) is 8.59. The van der Waals surface area contributed by atoms with Crippen LogP contribution in [0, 0.1) is 5.92 Å². The Kier molecular flexibility index (Phi) is 2.96. The van der Waals surface area contributed by atoms with E-state index in [0.29, 0.717) is 11.5 Å². The molecule has 3 heteroatoms. The Morgan fingerprint density at radius 2 is 2.15 bits per heavy atom. The number of esters is 1. The molecular weight excluding hydrogens is 168 g/mol. The van der Waals surface area contributed by atoms with Crippen LogP contribution >= 0.6 is 0 Å². The van der Waals surface area contributed by atoms with Crippen LogP contribution in [0.4, 0.5) is 0 Å². The summed E-state index contributed by atoms with van der Waals surface area (Å²) in [5.74, 6) is 0.824. The summed E-state index contributed by atoms with van der Waals surface area (Å²) in [6.07, 6.45) is 1.19. The summed E-state index contributed by atoms with van der Waals surface area (Å²) in [4.78, 5) is 11.2. The maximum atomic E-state index is 11.2. The lowest BCUT2D eigenvalue weighted by atomic mass is 10.0. The number of ether oxygens (including phenoxy) is 2. The van der Waals surface area contributed by atoms with Gasteiger partial charge in [-0.05, 0) is 20.3 Å². The van der Waals surface area contributed by atoms with Crippen LogP contribution in [0.2, 0.25) is 0 Å². The summed E-state index contributed by atoms with van der Waals surface area (Å²) in [7, 11) is 1.38. The molecule has 0 N–H and O–H groups in total. The molecule has 1 saturated heterocycles. The van der Waals surface area contributed by atoms with E-state index in [1.807, 2.05) is 6.92 Å². The largest absolute Gasteiger partial charge is 0.494 e. The van der Waals surface area contributed by atoms with Crippen molar-refractivity contribution in [3.63, 3.8) is 0 Å². The molecule has 0 unspecified atom stereocenters. The van der Waals surface area contributed by atoms with Crippen molar-refractivity contribution in [3.05, 3.63) is 11.3 Å². The van der Waals surface area contributed by atoms with Crippen molar-refractivity contribution in [3.8, 4) is 0 Å². The third kappa shape index (κ3) is 2.02. The number of carbonyl (C=O) groups is 1. The normalized spacial score (nSPS) is 31.1. The number of hydrogen-bond donors (Lipinski definition) is 0. The molecule has 1 aliphatic rings. The van der Waals surface area contributed by atoms with Gasteiger partial charge in [-0.2, -0.15) is 0 Å². The first-order valence-electron chi connectivity index (χ1n) is 4.52. The zero-order chi connectivity index (χ0) is 10.0. The van der Waals surface area contributed by atoms with Crippen LogP contribution in [0.3, 0.4) is 0 Å². The second kappa shape index (κ2) is 3.81. The Morgan fingerprint density at radius 3 is 2.54 bits per heavy atom. The maximum absolute atomic E-state index is 11.2. The summed E-state index contributed by atoms with van der Waals surface area (Å²) in [5, 5.41) is 0. The third-order valence-electron chi connectivity index (χ3n) is 2.32. The first-order valence-corrected chi connectivity index (χ1v) is 4.52. The highest BCUT2D eigenvalue weighted by Gasteiger charge is 2.28. The zero-order valence-electron chi connectivity index (χ0n) is 8.59. The molecule has 1 heterocycles. The molecule has 0 spiro atoms. The van der Waals surface area contributed by atoms with Crippen molar-refractivity contribution < 1.29 is 14.3 Å². The molecule has 1 aliphatic heterocycles. The van der Waals surface area contributed by atoms with E-state index in [-0.39, 0.29) is 12.1 Å². The molecule has 74 valence electrons. The molecule has 0 bridgehead atoms. The van der Waals surface area contributed by atoms with E-state index in [4.69, 9.17) is 4.74 Å². The highest BCUT2D eigenvalue weighted by molar-refractivity contribution is 5.88. The average Bonchev–Trinajstić information content (AvgIpc) is 2.42. The van der Waals surface area contributed by atoms with Gasteiger partial charge in [-0.25, -0.2) is 4.79 Å². The van der Waals surface area contributed by atoms with E-state index in [2.05, 4.69) is 11.7 Å². The van der Waals surface area contributed by atoms with E-state index in [0.717, 1.165) is 12.2 Å². The van der Waals surface area contributed by atoms with Crippen LogP contribution in [-0.4, -0.2) is 19.2 Å². The highest BCUT2D eigenvalue weighted by atomic mass is 16.5. The van der Waals surface area contributed by atoms with Crippen molar-refractivity contribution in [2.75, 3.05) is 7.11 Å². The minimum Gasteiger partial charge on any atom is -0.494 e. The molecule has 0 aromatic rings.